The van der Waals surface area contributed by atoms with Crippen LogP contribution in [0.5, 0.6) is 0 Å². The van der Waals surface area contributed by atoms with Gasteiger partial charge in [-0.15, -0.1) is 0 Å². The van der Waals surface area contributed by atoms with Crippen molar-refractivity contribution in [3.05, 3.63) is 29.6 Å². The van der Waals surface area contributed by atoms with Crippen LogP contribution in [0.25, 0.3) is 0 Å². The fraction of sp³-hybridized carbons (Fsp3) is 0.632. The minimum atomic E-state index is -0.0430. The van der Waals surface area contributed by atoms with Crippen LogP contribution in [0, 0.1) is 5.92 Å². The summed E-state index contributed by atoms with van der Waals surface area (Å²) >= 11 is 0. The molecular formula is C19H27N3O2. The van der Waals surface area contributed by atoms with E-state index in [-0.39, 0.29) is 11.9 Å². The van der Waals surface area contributed by atoms with Crippen molar-refractivity contribution in [2.75, 3.05) is 6.54 Å². The third-order valence-electron chi connectivity index (χ3n) is 5.24. The maximum Gasteiger partial charge on any atom is 0.223 e. The van der Waals surface area contributed by atoms with Crippen molar-refractivity contribution in [1.29, 1.82) is 0 Å². The van der Waals surface area contributed by atoms with Gasteiger partial charge < -0.3 is 10.2 Å². The van der Waals surface area contributed by atoms with E-state index in [4.69, 9.17) is 0 Å². The molecule has 0 spiro atoms. The number of hydrogen-bond donors (Lipinski definition) is 1. The first kappa shape index (κ1) is 16.9. The van der Waals surface area contributed by atoms with Gasteiger partial charge in [-0.1, -0.05) is 18.9 Å². The van der Waals surface area contributed by atoms with E-state index in [9.17, 15) is 9.59 Å². The lowest BCUT2D eigenvalue weighted by molar-refractivity contribution is -0.133. The molecular weight excluding hydrogens is 302 g/mol. The molecule has 1 saturated carbocycles. The number of nitrogens with one attached hydrogen (secondary N) is 1. The monoisotopic (exact) mass is 329 g/mol. The molecule has 0 radical (unpaired) electrons. The summed E-state index contributed by atoms with van der Waals surface area (Å²) in [6.07, 6.45) is 9.53. The van der Waals surface area contributed by atoms with Crippen molar-refractivity contribution >= 4 is 11.8 Å². The van der Waals surface area contributed by atoms with Gasteiger partial charge in [-0.25, -0.2) is 0 Å². The molecule has 1 N–H and O–H groups in total. The number of hydrogen-bond acceptors (Lipinski definition) is 3. The van der Waals surface area contributed by atoms with Gasteiger partial charge in [0.25, 0.3) is 0 Å². The topological polar surface area (TPSA) is 62.3 Å². The summed E-state index contributed by atoms with van der Waals surface area (Å²) < 4.78 is 0. The molecule has 24 heavy (non-hydrogen) atoms. The standard InChI is InChI=1S/C19H27N3O2/c1-14(23)20-12-16-8-9-17(21-13-16)18-7-4-10-22(18)19(24)11-15-5-2-3-6-15/h8-9,13,15,18H,2-7,10-12H2,1H3,(H,20,23)/t18-/m1/s1. The van der Waals surface area contributed by atoms with Crippen LogP contribution in [0.4, 0.5) is 0 Å². The summed E-state index contributed by atoms with van der Waals surface area (Å²) in [6.45, 7) is 2.86. The van der Waals surface area contributed by atoms with Gasteiger partial charge in [0.05, 0.1) is 11.7 Å². The summed E-state index contributed by atoms with van der Waals surface area (Å²) in [5, 5.41) is 2.77. The van der Waals surface area contributed by atoms with Gasteiger partial charge >= 0.3 is 0 Å². The van der Waals surface area contributed by atoms with Crippen LogP contribution in [0.2, 0.25) is 0 Å². The predicted molar refractivity (Wildman–Crippen MR) is 92.0 cm³/mol. The highest BCUT2D eigenvalue weighted by molar-refractivity contribution is 5.77. The number of carbonyl (C=O) groups is 2. The fourth-order valence-corrected chi connectivity index (χ4v) is 3.92. The lowest BCUT2D eigenvalue weighted by Crippen LogP contribution is -2.32. The summed E-state index contributed by atoms with van der Waals surface area (Å²) in [5.41, 5.74) is 1.95. The van der Waals surface area contributed by atoms with Gasteiger partial charge in [0.15, 0.2) is 0 Å². The molecule has 0 unspecified atom stereocenters. The molecule has 5 nitrogen and oxygen atoms in total. The van der Waals surface area contributed by atoms with E-state index in [0.29, 0.717) is 24.8 Å². The molecule has 2 heterocycles. The first-order valence-electron chi connectivity index (χ1n) is 9.12. The maximum atomic E-state index is 12.7. The highest BCUT2D eigenvalue weighted by Gasteiger charge is 2.32. The number of carbonyl (C=O) groups excluding carboxylic acids is 2. The number of nitrogens with zero attached hydrogens (tertiary/aromatic N) is 2. The smallest absolute Gasteiger partial charge is 0.223 e. The number of amides is 2. The molecule has 5 heteroatoms. The van der Waals surface area contributed by atoms with Crippen molar-refractivity contribution in [2.45, 2.75) is 64.5 Å². The van der Waals surface area contributed by atoms with Crippen LogP contribution in [-0.2, 0) is 16.1 Å². The second-order valence-electron chi connectivity index (χ2n) is 7.10. The van der Waals surface area contributed by atoms with Crippen LogP contribution in [-0.4, -0.2) is 28.2 Å². The molecule has 1 aromatic rings. The van der Waals surface area contributed by atoms with E-state index >= 15 is 0 Å². The van der Waals surface area contributed by atoms with Gasteiger partial charge in [-0.05, 0) is 43.2 Å². The average Bonchev–Trinajstić information content (AvgIpc) is 3.24. The average molecular weight is 329 g/mol. The Hall–Kier alpha value is -1.91. The van der Waals surface area contributed by atoms with Crippen molar-refractivity contribution in [1.82, 2.24) is 15.2 Å². The molecule has 2 amide bonds. The number of rotatable bonds is 5. The van der Waals surface area contributed by atoms with E-state index in [2.05, 4.69) is 10.3 Å². The third kappa shape index (κ3) is 4.13. The Bertz CT molecular complexity index is 579. The number of pyridine rings is 1. The number of likely N-dealkylation sites (tertiary alicyclic amines) is 1. The normalized spacial score (nSPS) is 21.2. The Balaban J connectivity index is 1.61. The minimum absolute atomic E-state index is 0.0430. The van der Waals surface area contributed by atoms with Crippen LogP contribution in [0.3, 0.4) is 0 Å². The molecule has 1 aliphatic carbocycles. The molecule has 2 fully saturated rings. The Morgan fingerprint density at radius 3 is 2.67 bits per heavy atom. The van der Waals surface area contributed by atoms with Crippen LogP contribution in [0.15, 0.2) is 18.3 Å². The molecule has 1 atom stereocenters. The van der Waals surface area contributed by atoms with E-state index in [0.717, 1.165) is 30.6 Å². The Morgan fingerprint density at radius 1 is 1.21 bits per heavy atom. The van der Waals surface area contributed by atoms with E-state index < -0.39 is 0 Å². The molecule has 0 bridgehead atoms. The lowest BCUT2D eigenvalue weighted by Gasteiger charge is -2.25. The highest BCUT2D eigenvalue weighted by Crippen LogP contribution is 2.34. The van der Waals surface area contributed by atoms with E-state index in [1.54, 1.807) is 0 Å². The lowest BCUT2D eigenvalue weighted by atomic mass is 10.0. The van der Waals surface area contributed by atoms with Crippen LogP contribution >= 0.6 is 0 Å². The first-order valence-corrected chi connectivity index (χ1v) is 9.12. The summed E-state index contributed by atoms with van der Waals surface area (Å²) in [5.74, 6) is 0.846. The fourth-order valence-electron chi connectivity index (χ4n) is 3.92. The zero-order valence-electron chi connectivity index (χ0n) is 14.5. The summed E-state index contributed by atoms with van der Waals surface area (Å²) in [4.78, 5) is 30.3. The molecule has 130 valence electrons. The van der Waals surface area contributed by atoms with Gasteiger partial charge in [0.2, 0.25) is 11.8 Å². The Morgan fingerprint density at radius 2 is 2.00 bits per heavy atom. The largest absolute Gasteiger partial charge is 0.352 e. The second kappa shape index (κ2) is 7.77. The molecule has 2 aliphatic rings. The molecule has 1 aliphatic heterocycles. The van der Waals surface area contributed by atoms with Crippen LogP contribution in [0.1, 0.15) is 69.2 Å². The van der Waals surface area contributed by atoms with Crippen molar-refractivity contribution in [3.8, 4) is 0 Å². The summed E-state index contributed by atoms with van der Waals surface area (Å²) in [7, 11) is 0. The second-order valence-corrected chi connectivity index (χ2v) is 7.10. The van der Waals surface area contributed by atoms with E-state index in [1.165, 1.54) is 32.6 Å². The zero-order chi connectivity index (χ0) is 16.9. The third-order valence-corrected chi connectivity index (χ3v) is 5.24. The minimum Gasteiger partial charge on any atom is -0.352 e. The molecule has 1 saturated heterocycles. The highest BCUT2D eigenvalue weighted by atomic mass is 16.2. The van der Waals surface area contributed by atoms with Crippen LogP contribution < -0.4 is 5.32 Å². The molecule has 3 rings (SSSR count). The SMILES string of the molecule is CC(=O)NCc1ccc([C@H]2CCCN2C(=O)CC2CCCC2)nc1. The Kier molecular flexibility index (Phi) is 5.48. The molecule has 0 aromatic carbocycles. The first-order chi connectivity index (χ1) is 11.6. The van der Waals surface area contributed by atoms with E-state index in [1.807, 2.05) is 23.2 Å². The number of aromatic nitrogens is 1. The molecule has 1 aromatic heterocycles. The van der Waals surface area contributed by atoms with Gasteiger partial charge in [0, 0.05) is 32.6 Å². The van der Waals surface area contributed by atoms with Gasteiger partial charge in [0.1, 0.15) is 0 Å². The van der Waals surface area contributed by atoms with Crippen molar-refractivity contribution in [2.24, 2.45) is 5.92 Å². The maximum absolute atomic E-state index is 12.7. The predicted octanol–water partition coefficient (Wildman–Crippen LogP) is 2.96. The summed E-state index contributed by atoms with van der Waals surface area (Å²) in [6, 6.07) is 4.12. The van der Waals surface area contributed by atoms with Gasteiger partial charge in [-0.2, -0.15) is 0 Å². The van der Waals surface area contributed by atoms with Crippen molar-refractivity contribution in [3.63, 3.8) is 0 Å². The van der Waals surface area contributed by atoms with Gasteiger partial charge in [-0.3, -0.25) is 14.6 Å². The quantitative estimate of drug-likeness (QED) is 0.903. The Labute approximate surface area is 143 Å². The van der Waals surface area contributed by atoms with Crippen molar-refractivity contribution < 1.29 is 9.59 Å². The zero-order valence-corrected chi connectivity index (χ0v) is 14.5.